The second kappa shape index (κ2) is 6.83. The van der Waals surface area contributed by atoms with E-state index in [1.165, 1.54) is 0 Å². The van der Waals surface area contributed by atoms with Crippen molar-refractivity contribution in [3.8, 4) is 0 Å². The SMILES string of the molecule is CC(C)OCCN1CCN(CC(=O)O)CC1. The fraction of sp³-hybridized carbons (Fsp3) is 0.909. The number of carbonyl (C=O) groups is 1. The minimum atomic E-state index is -0.739. The maximum atomic E-state index is 10.5. The molecule has 1 saturated heterocycles. The van der Waals surface area contributed by atoms with Crippen molar-refractivity contribution in [3.63, 3.8) is 0 Å². The number of hydrogen-bond donors (Lipinski definition) is 1. The quantitative estimate of drug-likeness (QED) is 0.702. The molecule has 0 bridgehead atoms. The lowest BCUT2D eigenvalue weighted by Crippen LogP contribution is -2.48. The van der Waals surface area contributed by atoms with Crippen LogP contribution < -0.4 is 0 Å². The molecule has 94 valence electrons. The Bertz CT molecular complexity index is 213. The zero-order valence-electron chi connectivity index (χ0n) is 10.2. The highest BCUT2D eigenvalue weighted by Crippen LogP contribution is 2.01. The van der Waals surface area contributed by atoms with Crippen LogP contribution in [0.15, 0.2) is 0 Å². The van der Waals surface area contributed by atoms with Gasteiger partial charge in [-0.05, 0) is 13.8 Å². The standard InChI is InChI=1S/C11H22N2O3/c1-10(2)16-8-7-12-3-5-13(6-4-12)9-11(14)15/h10H,3-9H2,1-2H3,(H,14,15). The van der Waals surface area contributed by atoms with E-state index in [-0.39, 0.29) is 12.6 Å². The normalized spacial score (nSPS) is 19.2. The molecule has 5 heteroatoms. The number of nitrogens with zero attached hydrogens (tertiary/aromatic N) is 2. The van der Waals surface area contributed by atoms with Crippen molar-refractivity contribution in [3.05, 3.63) is 0 Å². The van der Waals surface area contributed by atoms with Crippen LogP contribution in [0.3, 0.4) is 0 Å². The van der Waals surface area contributed by atoms with Crippen LogP contribution in [-0.4, -0.2) is 72.9 Å². The number of piperazine rings is 1. The Morgan fingerprint density at radius 2 is 1.81 bits per heavy atom. The zero-order chi connectivity index (χ0) is 12.0. The zero-order valence-corrected chi connectivity index (χ0v) is 10.2. The van der Waals surface area contributed by atoms with Crippen LogP contribution in [0, 0.1) is 0 Å². The van der Waals surface area contributed by atoms with Gasteiger partial charge in [0.15, 0.2) is 0 Å². The third-order valence-corrected chi connectivity index (χ3v) is 2.68. The minimum Gasteiger partial charge on any atom is -0.480 e. The monoisotopic (exact) mass is 230 g/mol. The molecule has 0 unspecified atom stereocenters. The van der Waals surface area contributed by atoms with Gasteiger partial charge in [0.25, 0.3) is 0 Å². The van der Waals surface area contributed by atoms with Crippen LogP contribution in [0.25, 0.3) is 0 Å². The first-order valence-corrected chi connectivity index (χ1v) is 5.86. The predicted molar refractivity (Wildman–Crippen MR) is 61.6 cm³/mol. The fourth-order valence-corrected chi connectivity index (χ4v) is 1.78. The summed E-state index contributed by atoms with van der Waals surface area (Å²) in [4.78, 5) is 14.8. The second-order valence-corrected chi connectivity index (χ2v) is 4.43. The Morgan fingerprint density at radius 1 is 1.25 bits per heavy atom. The van der Waals surface area contributed by atoms with Crippen molar-refractivity contribution < 1.29 is 14.6 Å². The van der Waals surface area contributed by atoms with Gasteiger partial charge in [-0.1, -0.05) is 0 Å². The Hall–Kier alpha value is -0.650. The van der Waals surface area contributed by atoms with E-state index >= 15 is 0 Å². The molecule has 1 fully saturated rings. The molecule has 1 aliphatic heterocycles. The Kier molecular flexibility index (Phi) is 5.73. The van der Waals surface area contributed by atoms with Crippen molar-refractivity contribution >= 4 is 5.97 Å². The van der Waals surface area contributed by atoms with Crippen LogP contribution in [0.4, 0.5) is 0 Å². The first-order chi connectivity index (χ1) is 7.58. The van der Waals surface area contributed by atoms with Gasteiger partial charge in [0.1, 0.15) is 0 Å². The van der Waals surface area contributed by atoms with E-state index < -0.39 is 5.97 Å². The van der Waals surface area contributed by atoms with Gasteiger partial charge in [0, 0.05) is 32.7 Å². The lowest BCUT2D eigenvalue weighted by atomic mass is 10.3. The summed E-state index contributed by atoms with van der Waals surface area (Å²) in [7, 11) is 0. The van der Waals surface area contributed by atoms with Crippen molar-refractivity contribution in [2.45, 2.75) is 20.0 Å². The number of carboxylic acid groups (broad SMARTS) is 1. The van der Waals surface area contributed by atoms with Gasteiger partial charge in [-0.3, -0.25) is 14.6 Å². The van der Waals surface area contributed by atoms with Gasteiger partial charge in [-0.2, -0.15) is 0 Å². The molecule has 0 aromatic heterocycles. The van der Waals surface area contributed by atoms with Gasteiger partial charge in [0.05, 0.1) is 19.3 Å². The van der Waals surface area contributed by atoms with Crippen molar-refractivity contribution in [1.82, 2.24) is 9.80 Å². The number of aliphatic carboxylic acids is 1. The smallest absolute Gasteiger partial charge is 0.317 e. The minimum absolute atomic E-state index is 0.163. The Balaban J connectivity index is 2.10. The summed E-state index contributed by atoms with van der Waals surface area (Å²) in [6, 6.07) is 0. The molecule has 5 nitrogen and oxygen atoms in total. The number of rotatable bonds is 6. The topological polar surface area (TPSA) is 53.0 Å². The number of ether oxygens (including phenoxy) is 1. The van der Waals surface area contributed by atoms with Crippen LogP contribution >= 0.6 is 0 Å². The highest BCUT2D eigenvalue weighted by molar-refractivity contribution is 5.69. The third kappa shape index (κ3) is 5.44. The van der Waals surface area contributed by atoms with Gasteiger partial charge >= 0.3 is 5.97 Å². The summed E-state index contributed by atoms with van der Waals surface area (Å²) in [5, 5.41) is 8.66. The van der Waals surface area contributed by atoms with Crippen LogP contribution in [0.2, 0.25) is 0 Å². The first kappa shape index (κ1) is 13.4. The van der Waals surface area contributed by atoms with Gasteiger partial charge < -0.3 is 9.84 Å². The molecular weight excluding hydrogens is 208 g/mol. The average Bonchev–Trinajstić information content (AvgIpc) is 2.19. The van der Waals surface area contributed by atoms with Crippen LogP contribution in [0.5, 0.6) is 0 Å². The van der Waals surface area contributed by atoms with E-state index in [9.17, 15) is 4.79 Å². The molecule has 0 saturated carbocycles. The molecule has 0 atom stereocenters. The van der Waals surface area contributed by atoms with Crippen molar-refractivity contribution in [1.29, 1.82) is 0 Å². The summed E-state index contributed by atoms with van der Waals surface area (Å²) in [6.45, 7) is 9.49. The van der Waals surface area contributed by atoms with E-state index in [0.717, 1.165) is 39.3 Å². The lowest BCUT2D eigenvalue weighted by molar-refractivity contribution is -0.138. The fourth-order valence-electron chi connectivity index (χ4n) is 1.78. The van der Waals surface area contributed by atoms with E-state index in [0.29, 0.717) is 0 Å². The summed E-state index contributed by atoms with van der Waals surface area (Å²) in [6.07, 6.45) is 0.285. The largest absolute Gasteiger partial charge is 0.480 e. The van der Waals surface area contributed by atoms with E-state index in [1.807, 2.05) is 18.7 Å². The lowest BCUT2D eigenvalue weighted by Gasteiger charge is -2.33. The summed E-state index contributed by atoms with van der Waals surface area (Å²) in [5.41, 5.74) is 0. The highest BCUT2D eigenvalue weighted by Gasteiger charge is 2.18. The van der Waals surface area contributed by atoms with Crippen LogP contribution in [-0.2, 0) is 9.53 Å². The molecule has 0 aliphatic carbocycles. The van der Waals surface area contributed by atoms with Gasteiger partial charge in [-0.15, -0.1) is 0 Å². The Morgan fingerprint density at radius 3 is 2.31 bits per heavy atom. The second-order valence-electron chi connectivity index (χ2n) is 4.43. The summed E-state index contributed by atoms with van der Waals surface area (Å²) in [5.74, 6) is -0.739. The molecule has 1 N–H and O–H groups in total. The third-order valence-electron chi connectivity index (χ3n) is 2.68. The maximum Gasteiger partial charge on any atom is 0.317 e. The van der Waals surface area contributed by atoms with E-state index in [4.69, 9.17) is 9.84 Å². The van der Waals surface area contributed by atoms with E-state index in [1.54, 1.807) is 0 Å². The van der Waals surface area contributed by atoms with Crippen molar-refractivity contribution in [2.75, 3.05) is 45.9 Å². The molecule has 1 heterocycles. The molecule has 0 aromatic rings. The average molecular weight is 230 g/mol. The molecule has 0 radical (unpaired) electrons. The number of hydrogen-bond acceptors (Lipinski definition) is 4. The molecule has 0 spiro atoms. The van der Waals surface area contributed by atoms with Gasteiger partial charge in [0.2, 0.25) is 0 Å². The van der Waals surface area contributed by atoms with Crippen molar-refractivity contribution in [2.24, 2.45) is 0 Å². The number of carboxylic acids is 1. The Labute approximate surface area is 97.0 Å². The van der Waals surface area contributed by atoms with Gasteiger partial charge in [-0.25, -0.2) is 0 Å². The molecule has 1 aliphatic rings. The summed E-state index contributed by atoms with van der Waals surface area (Å²) >= 11 is 0. The molecule has 0 amide bonds. The predicted octanol–water partition coefficient (Wildman–Crippen LogP) is 0.114. The molecular formula is C11H22N2O3. The molecule has 0 aromatic carbocycles. The first-order valence-electron chi connectivity index (χ1n) is 5.86. The summed E-state index contributed by atoms with van der Waals surface area (Å²) < 4.78 is 5.49. The van der Waals surface area contributed by atoms with E-state index in [2.05, 4.69) is 4.90 Å². The van der Waals surface area contributed by atoms with Crippen LogP contribution in [0.1, 0.15) is 13.8 Å². The highest BCUT2D eigenvalue weighted by atomic mass is 16.5. The molecule has 16 heavy (non-hydrogen) atoms. The maximum absolute atomic E-state index is 10.5. The molecule has 1 rings (SSSR count).